The third-order valence-corrected chi connectivity index (χ3v) is 12.0. The highest BCUT2D eigenvalue weighted by Crippen LogP contribution is 2.55. The molecule has 0 fully saturated rings. The van der Waals surface area contributed by atoms with Crippen LogP contribution >= 0.6 is 0 Å². The molecular formula is C46H64N2O13. The Bertz CT molecular complexity index is 2060. The number of benzene rings is 2. The number of phenolic OH excluding ortho intramolecular Hbond substituents is 3. The molecule has 5 rings (SSSR count). The second kappa shape index (κ2) is 20.6. The summed E-state index contributed by atoms with van der Waals surface area (Å²) in [4.78, 5) is 46.3. The zero-order chi connectivity index (χ0) is 45.5. The van der Waals surface area contributed by atoms with Crippen molar-refractivity contribution in [3.8, 4) is 23.0 Å². The fourth-order valence-electron chi connectivity index (χ4n) is 8.00. The van der Waals surface area contributed by atoms with Crippen molar-refractivity contribution in [1.29, 1.82) is 0 Å². The van der Waals surface area contributed by atoms with Crippen LogP contribution < -0.4 is 10.1 Å². The molecule has 2 aromatic carbocycles. The number of nitrogens with one attached hydrogen (secondary N) is 1. The van der Waals surface area contributed by atoms with Crippen molar-refractivity contribution in [2.24, 2.45) is 28.8 Å². The van der Waals surface area contributed by atoms with Crippen molar-refractivity contribution in [3.63, 3.8) is 0 Å². The Morgan fingerprint density at radius 2 is 1.66 bits per heavy atom. The number of methoxy groups -OCH3 is 1. The lowest BCUT2D eigenvalue weighted by Gasteiger charge is -2.38. The summed E-state index contributed by atoms with van der Waals surface area (Å²) in [6.07, 6.45) is 8.67. The number of anilines is 1. The summed E-state index contributed by atoms with van der Waals surface area (Å²) >= 11 is 0. The number of nitrogens with zero attached hydrogens (tertiary/aromatic N) is 1. The smallest absolute Gasteiger partial charge is 0.312 e. The zero-order valence-corrected chi connectivity index (χ0v) is 37.1. The third-order valence-electron chi connectivity index (χ3n) is 12.0. The maximum absolute atomic E-state index is 14.4. The number of unbranched alkanes of at least 4 members (excludes halogenated alkanes) is 2. The van der Waals surface area contributed by atoms with Crippen LogP contribution in [-0.2, 0) is 28.6 Å². The van der Waals surface area contributed by atoms with Gasteiger partial charge in [-0.2, -0.15) is 0 Å². The molecule has 0 radical (unpaired) electrons. The van der Waals surface area contributed by atoms with Crippen LogP contribution in [0.5, 0.6) is 23.0 Å². The van der Waals surface area contributed by atoms with Gasteiger partial charge in [0.25, 0.3) is 11.7 Å². The third kappa shape index (κ3) is 10.3. The van der Waals surface area contributed by atoms with Gasteiger partial charge in [-0.1, -0.05) is 77.8 Å². The molecule has 0 spiro atoms. The number of carbonyl (C=O) groups excluding carboxylic acids is 3. The van der Waals surface area contributed by atoms with E-state index in [1.807, 2.05) is 6.92 Å². The summed E-state index contributed by atoms with van der Waals surface area (Å²) in [7, 11) is 1.43. The summed E-state index contributed by atoms with van der Waals surface area (Å²) in [5.74, 6) is -8.57. The number of carbonyl (C=O) groups is 3. The molecule has 5 bridgehead atoms. The predicted molar refractivity (Wildman–Crippen MR) is 231 cm³/mol. The van der Waals surface area contributed by atoms with Crippen LogP contribution in [0.2, 0.25) is 0 Å². The lowest BCUT2D eigenvalue weighted by molar-refractivity contribution is -0.160. The van der Waals surface area contributed by atoms with E-state index in [1.165, 1.54) is 53.2 Å². The number of aromatic hydroxyl groups is 3. The van der Waals surface area contributed by atoms with Gasteiger partial charge in [-0.25, -0.2) is 0 Å². The normalized spacial score (nSPS) is 30.0. The molecule has 3 aliphatic heterocycles. The van der Waals surface area contributed by atoms with Gasteiger partial charge >= 0.3 is 11.8 Å². The number of hydrogen-bond acceptors (Lipinski definition) is 14. The Hall–Kier alpha value is -5.12. The highest BCUT2D eigenvalue weighted by Gasteiger charge is 2.50. The monoisotopic (exact) mass is 852 g/mol. The number of ether oxygens (including phenoxy) is 4. The Labute approximate surface area is 358 Å². The van der Waals surface area contributed by atoms with Crippen molar-refractivity contribution in [2.75, 3.05) is 12.4 Å². The Morgan fingerprint density at radius 3 is 2.28 bits per heavy atom. The van der Waals surface area contributed by atoms with E-state index in [-0.39, 0.29) is 50.6 Å². The molecule has 0 aliphatic carbocycles. The van der Waals surface area contributed by atoms with E-state index >= 15 is 0 Å². The quantitative estimate of drug-likeness (QED) is 0.0342. The van der Waals surface area contributed by atoms with Crippen LogP contribution in [0.1, 0.15) is 116 Å². The number of fused-ring (bicyclic) bond motifs is 14. The fraction of sp³-hybridized carbons (Fsp3) is 0.565. The van der Waals surface area contributed by atoms with Gasteiger partial charge in [0.1, 0.15) is 29.5 Å². The number of phenols is 3. The van der Waals surface area contributed by atoms with Crippen molar-refractivity contribution in [2.45, 2.75) is 138 Å². The molecule has 1 unspecified atom stereocenters. The van der Waals surface area contributed by atoms with Crippen LogP contribution in [0.4, 0.5) is 5.69 Å². The minimum absolute atomic E-state index is 0.0409. The summed E-state index contributed by atoms with van der Waals surface area (Å²) in [6, 6.07) is 0. The van der Waals surface area contributed by atoms with Gasteiger partial charge in [0.05, 0.1) is 53.0 Å². The van der Waals surface area contributed by atoms with Crippen molar-refractivity contribution < 1.29 is 63.7 Å². The number of aliphatic hydroxyl groups excluding tert-OH is 2. The number of ketones is 1. The second-order valence-corrected chi connectivity index (χ2v) is 16.5. The molecular weight excluding hydrogens is 789 g/mol. The molecule has 1 amide bonds. The minimum Gasteiger partial charge on any atom is -0.507 e. The molecule has 6 N–H and O–H groups in total. The van der Waals surface area contributed by atoms with Gasteiger partial charge in [0, 0.05) is 61.2 Å². The van der Waals surface area contributed by atoms with E-state index in [2.05, 4.69) is 17.4 Å². The standard InChI is InChI=1S/C46H64N2O13/c1-12-14-15-19-30(13-2)61-47-22-31-36-41(54)34-33(40(31)53)35-43(28(8)39(34)52)60-46(10,44(35)55)58-21-20-32(57-11)25(5)42(59-29(9)49)27(7)38(51)26(6)37(50)23(3)17-16-18-24(4)45(56)48-36/h16-18,20-23,25-27,30,32,37-38,42,50-54H,12-15,19H2,1-11H3,(H,48,56)/b17-16-,21-20-,24-18-,47-22+/t23-,25+,26+,27+,30?,32-,37-,38+,42+,46-/m0/s1. The first-order chi connectivity index (χ1) is 28.8. The van der Waals surface area contributed by atoms with Gasteiger partial charge in [-0.3, -0.25) is 14.4 Å². The largest absolute Gasteiger partial charge is 0.507 e. The number of amides is 1. The van der Waals surface area contributed by atoms with E-state index in [1.54, 1.807) is 39.8 Å². The predicted octanol–water partition coefficient (Wildman–Crippen LogP) is 7.46. The molecule has 15 heteroatoms. The Balaban J connectivity index is 1.96. The number of esters is 1. The van der Waals surface area contributed by atoms with E-state index in [0.29, 0.717) is 6.42 Å². The number of aliphatic hydroxyl groups is 2. The van der Waals surface area contributed by atoms with Crippen LogP contribution in [0.3, 0.4) is 0 Å². The molecule has 0 aromatic heterocycles. The Kier molecular flexibility index (Phi) is 16.4. The molecule has 3 aliphatic rings. The first-order valence-corrected chi connectivity index (χ1v) is 21.0. The van der Waals surface area contributed by atoms with Crippen molar-refractivity contribution >= 4 is 40.3 Å². The summed E-state index contributed by atoms with van der Waals surface area (Å²) in [5.41, 5.74) is -0.546. The first-order valence-electron chi connectivity index (χ1n) is 21.0. The molecule has 0 saturated carbocycles. The number of rotatable bonds is 10. The Morgan fingerprint density at radius 1 is 0.967 bits per heavy atom. The van der Waals surface area contributed by atoms with Gasteiger partial charge in [0.15, 0.2) is 5.75 Å². The van der Waals surface area contributed by atoms with Gasteiger partial charge in [-0.05, 0) is 39.2 Å². The van der Waals surface area contributed by atoms with Gasteiger partial charge in [-0.15, -0.1) is 0 Å². The SMILES string of the molecule is CCCCCC(CC)O/N=C/c1c2c(O)c3c(O)c(C)c4c(c3c1O)C(=O)[C@@](C)(O/C=C\[C@H](OC)[C@@H](C)[C@@H](OC(C)=O)[C@H](C)[C@H](O)[C@H](C)[C@@H](O)[C@@H](C)/C=C\C=C(\C)C(=O)N2)O4. The number of allylic oxidation sites excluding steroid dienone is 2. The van der Waals surface area contributed by atoms with Crippen LogP contribution in [0.15, 0.2) is 41.3 Å². The summed E-state index contributed by atoms with van der Waals surface area (Å²) < 4.78 is 23.6. The number of hydrogen-bond donors (Lipinski definition) is 6. The van der Waals surface area contributed by atoms with Crippen molar-refractivity contribution in [1.82, 2.24) is 0 Å². The maximum Gasteiger partial charge on any atom is 0.312 e. The second-order valence-electron chi connectivity index (χ2n) is 16.5. The van der Waals surface area contributed by atoms with E-state index in [0.717, 1.165) is 31.9 Å². The van der Waals surface area contributed by atoms with E-state index < -0.39 is 88.8 Å². The molecule has 61 heavy (non-hydrogen) atoms. The van der Waals surface area contributed by atoms with Crippen LogP contribution in [0.25, 0.3) is 10.8 Å². The van der Waals surface area contributed by atoms with Crippen LogP contribution in [0, 0.1) is 30.6 Å². The topological polar surface area (TPSA) is 223 Å². The van der Waals surface area contributed by atoms with E-state index in [9.17, 15) is 39.9 Å². The molecule has 0 saturated heterocycles. The van der Waals surface area contributed by atoms with Crippen molar-refractivity contribution in [3.05, 3.63) is 52.8 Å². The zero-order valence-electron chi connectivity index (χ0n) is 37.1. The lowest BCUT2D eigenvalue weighted by atomic mass is 9.78. The average molecular weight is 853 g/mol. The molecule has 10 atom stereocenters. The molecule has 2 aromatic rings. The molecule has 15 nitrogen and oxygen atoms in total. The highest BCUT2D eigenvalue weighted by molar-refractivity contribution is 6.23. The van der Waals surface area contributed by atoms with E-state index in [4.69, 9.17) is 23.8 Å². The summed E-state index contributed by atoms with van der Waals surface area (Å²) in [5, 5.41) is 64.6. The van der Waals surface area contributed by atoms with Gasteiger partial charge in [0.2, 0.25) is 0 Å². The first kappa shape index (κ1) is 48.5. The minimum atomic E-state index is -2.06. The maximum atomic E-state index is 14.4. The fourth-order valence-corrected chi connectivity index (χ4v) is 8.00. The summed E-state index contributed by atoms with van der Waals surface area (Å²) in [6.45, 7) is 16.5. The lowest BCUT2D eigenvalue weighted by Crippen LogP contribution is -2.46. The van der Waals surface area contributed by atoms with Gasteiger partial charge < -0.3 is 54.6 Å². The van der Waals surface area contributed by atoms with Crippen LogP contribution in [-0.4, -0.2) is 92.8 Å². The molecule has 3 heterocycles. The average Bonchev–Trinajstić information content (AvgIpc) is 3.49. The molecule has 336 valence electrons. The number of oxime groups is 1. The highest BCUT2D eigenvalue weighted by atomic mass is 16.7. The number of Topliss-reactive ketones (excluding diaryl/α,β-unsaturated/α-hetero) is 1.